The van der Waals surface area contributed by atoms with Crippen LogP contribution in [-0.4, -0.2) is 38.1 Å². The molecule has 2 aromatic rings. The smallest absolute Gasteiger partial charge is 0.227 e. The molecule has 6 heteroatoms. The van der Waals surface area contributed by atoms with Gasteiger partial charge in [-0.15, -0.1) is 0 Å². The van der Waals surface area contributed by atoms with Crippen LogP contribution in [0, 0.1) is 0 Å². The molecule has 1 aliphatic rings. The van der Waals surface area contributed by atoms with Gasteiger partial charge in [-0.05, 0) is 43.2 Å². The first-order valence-electron chi connectivity index (χ1n) is 9.85. The maximum absolute atomic E-state index is 11.8. The number of amides is 1. The highest BCUT2D eigenvalue weighted by Gasteiger charge is 2.21. The fourth-order valence-corrected chi connectivity index (χ4v) is 3.07. The Kier molecular flexibility index (Phi) is 7.29. The molecule has 0 aliphatic carbocycles. The first-order valence-corrected chi connectivity index (χ1v) is 9.85. The zero-order valence-corrected chi connectivity index (χ0v) is 16.4. The van der Waals surface area contributed by atoms with Crippen molar-refractivity contribution in [3.8, 4) is 5.75 Å². The van der Waals surface area contributed by atoms with E-state index in [2.05, 4.69) is 15.6 Å². The number of carbonyl (C=O) groups is 1. The van der Waals surface area contributed by atoms with Gasteiger partial charge < -0.3 is 20.3 Å². The van der Waals surface area contributed by atoms with Crippen molar-refractivity contribution in [1.29, 1.82) is 0 Å². The molecule has 0 atom stereocenters. The molecule has 3 rings (SSSR count). The lowest BCUT2D eigenvalue weighted by atomic mass is 10.2. The van der Waals surface area contributed by atoms with Crippen LogP contribution < -0.4 is 20.3 Å². The highest BCUT2D eigenvalue weighted by Crippen LogP contribution is 2.21. The number of hydrogen-bond acceptors (Lipinski definition) is 3. The molecule has 2 N–H and O–H groups in total. The van der Waals surface area contributed by atoms with Gasteiger partial charge in [-0.3, -0.25) is 4.79 Å². The number of hydrogen-bond donors (Lipinski definition) is 2. The second kappa shape index (κ2) is 10.3. The first-order chi connectivity index (χ1) is 13.8. The molecule has 1 amide bonds. The molecule has 1 fully saturated rings. The van der Waals surface area contributed by atoms with Crippen LogP contribution in [0.4, 0.5) is 5.69 Å². The summed E-state index contributed by atoms with van der Waals surface area (Å²) in [6, 6.07) is 17.8. The van der Waals surface area contributed by atoms with Crippen molar-refractivity contribution in [3.05, 3.63) is 60.2 Å². The van der Waals surface area contributed by atoms with Gasteiger partial charge in [0.25, 0.3) is 0 Å². The van der Waals surface area contributed by atoms with E-state index in [4.69, 9.17) is 4.74 Å². The Morgan fingerprint density at radius 3 is 2.57 bits per heavy atom. The van der Waals surface area contributed by atoms with Crippen molar-refractivity contribution in [2.24, 2.45) is 4.99 Å². The van der Waals surface area contributed by atoms with E-state index in [0.29, 0.717) is 26.1 Å². The summed E-state index contributed by atoms with van der Waals surface area (Å²) < 4.78 is 5.69. The third-order valence-electron chi connectivity index (χ3n) is 4.49. The van der Waals surface area contributed by atoms with E-state index in [0.717, 1.165) is 42.5 Å². The molecule has 1 heterocycles. The number of nitrogens with one attached hydrogen (secondary N) is 2. The lowest BCUT2D eigenvalue weighted by Gasteiger charge is -2.16. The van der Waals surface area contributed by atoms with Gasteiger partial charge in [-0.25, -0.2) is 4.99 Å². The van der Waals surface area contributed by atoms with Crippen LogP contribution in [0.1, 0.15) is 25.3 Å². The van der Waals surface area contributed by atoms with Crippen molar-refractivity contribution < 1.29 is 9.53 Å². The Labute approximate surface area is 166 Å². The fraction of sp³-hybridized carbons (Fsp3) is 0.364. The number of benzene rings is 2. The third kappa shape index (κ3) is 5.74. The number of anilines is 1. The number of guanidine groups is 1. The van der Waals surface area contributed by atoms with Gasteiger partial charge in [0.1, 0.15) is 12.4 Å². The van der Waals surface area contributed by atoms with Crippen molar-refractivity contribution >= 4 is 17.6 Å². The van der Waals surface area contributed by atoms with Crippen molar-refractivity contribution in [2.75, 3.05) is 31.1 Å². The van der Waals surface area contributed by atoms with Crippen molar-refractivity contribution in [1.82, 2.24) is 10.6 Å². The number of carbonyl (C=O) groups excluding carboxylic acids is 1. The predicted molar refractivity (Wildman–Crippen MR) is 113 cm³/mol. The standard InChI is InChI=1S/C22H28N4O2/c1-2-23-22(24-14-16-28-20-7-4-3-5-8-20)25-17-18-10-12-19(13-11-18)26-15-6-9-21(26)27/h3-5,7-8,10-13H,2,6,9,14-17H2,1H3,(H2,23,24,25). The zero-order valence-electron chi connectivity index (χ0n) is 16.4. The Hall–Kier alpha value is -3.02. The van der Waals surface area contributed by atoms with Crippen LogP contribution in [0.2, 0.25) is 0 Å². The largest absolute Gasteiger partial charge is 0.492 e. The summed E-state index contributed by atoms with van der Waals surface area (Å²) in [7, 11) is 0. The number of rotatable bonds is 8. The molecule has 28 heavy (non-hydrogen) atoms. The maximum Gasteiger partial charge on any atom is 0.227 e. The van der Waals surface area contributed by atoms with Gasteiger partial charge in [0.05, 0.1) is 13.1 Å². The highest BCUT2D eigenvalue weighted by molar-refractivity contribution is 5.95. The molecule has 0 bridgehead atoms. The van der Waals surface area contributed by atoms with Crippen LogP contribution in [-0.2, 0) is 11.3 Å². The van der Waals surface area contributed by atoms with E-state index in [9.17, 15) is 4.79 Å². The zero-order chi connectivity index (χ0) is 19.6. The summed E-state index contributed by atoms with van der Waals surface area (Å²) >= 11 is 0. The van der Waals surface area contributed by atoms with Crippen molar-refractivity contribution in [3.63, 3.8) is 0 Å². The molecule has 1 saturated heterocycles. The quantitative estimate of drug-likeness (QED) is 0.420. The molecule has 2 aromatic carbocycles. The Balaban J connectivity index is 1.48. The second-order valence-electron chi connectivity index (χ2n) is 6.60. The Bertz CT molecular complexity index is 775. The third-order valence-corrected chi connectivity index (χ3v) is 4.49. The molecule has 0 unspecified atom stereocenters. The second-order valence-corrected chi connectivity index (χ2v) is 6.60. The van der Waals surface area contributed by atoms with E-state index in [1.807, 2.05) is 66.4 Å². The monoisotopic (exact) mass is 380 g/mol. The maximum atomic E-state index is 11.8. The summed E-state index contributed by atoms with van der Waals surface area (Å²) in [6.07, 6.45) is 1.59. The first kappa shape index (κ1) is 19.7. The molecule has 0 radical (unpaired) electrons. The Morgan fingerprint density at radius 2 is 1.89 bits per heavy atom. The number of ether oxygens (including phenoxy) is 1. The van der Waals surface area contributed by atoms with Gasteiger partial charge in [0.2, 0.25) is 5.91 Å². The van der Waals surface area contributed by atoms with Gasteiger partial charge in [-0.2, -0.15) is 0 Å². The van der Waals surface area contributed by atoms with Crippen LogP contribution in [0.3, 0.4) is 0 Å². The average Bonchev–Trinajstić information content (AvgIpc) is 3.16. The van der Waals surface area contributed by atoms with E-state index < -0.39 is 0 Å². The van der Waals surface area contributed by atoms with E-state index in [1.54, 1.807) is 0 Å². The molecular formula is C22H28N4O2. The van der Waals surface area contributed by atoms with Crippen molar-refractivity contribution in [2.45, 2.75) is 26.3 Å². The molecule has 1 aliphatic heterocycles. The van der Waals surface area contributed by atoms with Crippen LogP contribution in [0.5, 0.6) is 5.75 Å². The summed E-state index contributed by atoms with van der Waals surface area (Å²) in [4.78, 5) is 18.3. The van der Waals surface area contributed by atoms with Crippen LogP contribution in [0.25, 0.3) is 0 Å². The summed E-state index contributed by atoms with van der Waals surface area (Å²) in [5.74, 6) is 1.84. The van der Waals surface area contributed by atoms with Crippen LogP contribution in [0.15, 0.2) is 59.6 Å². The van der Waals surface area contributed by atoms with Gasteiger partial charge >= 0.3 is 0 Å². The number of para-hydroxylation sites is 1. The van der Waals surface area contributed by atoms with Gasteiger partial charge in [0, 0.05) is 25.2 Å². The molecule has 0 aromatic heterocycles. The van der Waals surface area contributed by atoms with E-state index in [-0.39, 0.29) is 5.91 Å². The molecular weight excluding hydrogens is 352 g/mol. The van der Waals surface area contributed by atoms with E-state index >= 15 is 0 Å². The molecule has 6 nitrogen and oxygen atoms in total. The molecule has 0 spiro atoms. The topological polar surface area (TPSA) is 66.0 Å². The van der Waals surface area contributed by atoms with E-state index in [1.165, 1.54) is 0 Å². The highest BCUT2D eigenvalue weighted by atomic mass is 16.5. The summed E-state index contributed by atoms with van der Waals surface area (Å²) in [6.45, 7) is 5.45. The minimum atomic E-state index is 0.210. The number of nitrogens with zero attached hydrogens (tertiary/aromatic N) is 2. The Morgan fingerprint density at radius 1 is 1.11 bits per heavy atom. The minimum absolute atomic E-state index is 0.210. The lowest BCUT2D eigenvalue weighted by Crippen LogP contribution is -2.39. The minimum Gasteiger partial charge on any atom is -0.492 e. The van der Waals surface area contributed by atoms with Gasteiger partial charge in [-0.1, -0.05) is 30.3 Å². The molecule has 0 saturated carbocycles. The summed E-state index contributed by atoms with van der Waals surface area (Å²) in [5, 5.41) is 6.53. The predicted octanol–water partition coefficient (Wildman–Crippen LogP) is 2.95. The molecule has 148 valence electrons. The number of aliphatic imine (C=N–C) groups is 1. The summed E-state index contributed by atoms with van der Waals surface area (Å²) in [5.41, 5.74) is 2.08. The van der Waals surface area contributed by atoms with Crippen LogP contribution >= 0.6 is 0 Å². The van der Waals surface area contributed by atoms with Gasteiger partial charge in [0.15, 0.2) is 5.96 Å². The lowest BCUT2D eigenvalue weighted by molar-refractivity contribution is -0.117. The fourth-order valence-electron chi connectivity index (χ4n) is 3.07. The normalized spacial score (nSPS) is 14.2. The SMILES string of the molecule is CCNC(=NCc1ccc(N2CCCC2=O)cc1)NCCOc1ccccc1. The average molecular weight is 380 g/mol.